The van der Waals surface area contributed by atoms with Crippen LogP contribution in [0.15, 0.2) is 12.7 Å². The van der Waals surface area contributed by atoms with E-state index in [0.717, 1.165) is 70.6 Å². The number of fused-ring (bicyclic) bond motifs is 2. The fourth-order valence-electron chi connectivity index (χ4n) is 9.46. The number of hydrogen-bond acceptors (Lipinski definition) is 13. The van der Waals surface area contributed by atoms with Gasteiger partial charge in [0.05, 0.1) is 24.7 Å². The fourth-order valence-corrected chi connectivity index (χ4v) is 9.79. The second-order valence-corrected chi connectivity index (χ2v) is 17.4. The molecular formula is C39H54Cl2N14O5. The smallest absolute Gasteiger partial charge is 0.315 e. The number of nitrogens with one attached hydrogen (secondary N) is 6. The van der Waals surface area contributed by atoms with Crippen LogP contribution in [0.5, 0.6) is 0 Å². The molecule has 0 aromatic carbocycles. The van der Waals surface area contributed by atoms with Gasteiger partial charge < -0.3 is 51.2 Å². The van der Waals surface area contributed by atoms with Gasteiger partial charge in [-0.3, -0.25) is 9.59 Å². The van der Waals surface area contributed by atoms with Crippen LogP contribution in [0.2, 0.25) is 10.6 Å². The fraction of sp³-hybridized carbons (Fsp3) is 0.667. The minimum absolute atomic E-state index is 0.0180. The Hall–Kier alpha value is -4.59. The maximum Gasteiger partial charge on any atom is 0.315 e. The lowest BCUT2D eigenvalue weighted by atomic mass is 9.90. The maximum absolute atomic E-state index is 13.1. The van der Waals surface area contributed by atoms with Gasteiger partial charge in [-0.2, -0.15) is 19.9 Å². The summed E-state index contributed by atoms with van der Waals surface area (Å²) >= 11 is 12.8. The Morgan fingerprint density at radius 1 is 0.617 bits per heavy atom. The van der Waals surface area contributed by atoms with Crippen molar-refractivity contribution in [3.63, 3.8) is 0 Å². The Labute approximate surface area is 357 Å². The number of carbonyl (C=O) groups excluding carboxylic acids is 3. The number of aliphatic hydroxyl groups excluding tert-OH is 2. The molecular weight excluding hydrogens is 815 g/mol. The number of urea groups is 1. The largest absolute Gasteiger partial charge is 0.388 e. The molecule has 0 spiro atoms. The molecule has 4 amide bonds. The zero-order chi connectivity index (χ0) is 42.1. The summed E-state index contributed by atoms with van der Waals surface area (Å²) in [5, 5.41) is 41.0. The highest BCUT2D eigenvalue weighted by molar-refractivity contribution is 6.29. The van der Waals surface area contributed by atoms with Crippen molar-refractivity contribution in [3.8, 4) is 0 Å². The molecule has 0 saturated heterocycles. The van der Waals surface area contributed by atoms with Gasteiger partial charge in [-0.25, -0.2) is 14.8 Å². The second kappa shape index (κ2) is 18.2. The first-order chi connectivity index (χ1) is 29.0. The van der Waals surface area contributed by atoms with E-state index in [0.29, 0.717) is 46.8 Å². The number of aliphatic hydroxyl groups is 2. The van der Waals surface area contributed by atoms with Crippen molar-refractivity contribution < 1.29 is 24.6 Å². The number of nitrogens with zero attached hydrogens (tertiary/aromatic N) is 8. The lowest BCUT2D eigenvalue weighted by molar-refractivity contribution is -0.122. The van der Waals surface area contributed by atoms with Gasteiger partial charge in [0.1, 0.15) is 12.2 Å². The summed E-state index contributed by atoms with van der Waals surface area (Å²) in [5.74, 6) is 0.946. The number of rotatable bonds is 12. The summed E-state index contributed by atoms with van der Waals surface area (Å²) in [6, 6.07) is -0.749. The van der Waals surface area contributed by atoms with E-state index in [1.807, 2.05) is 6.92 Å². The van der Waals surface area contributed by atoms with E-state index in [1.165, 1.54) is 0 Å². The third kappa shape index (κ3) is 9.18. The normalized spacial score (nSPS) is 29.4. The predicted molar refractivity (Wildman–Crippen MR) is 225 cm³/mol. The van der Waals surface area contributed by atoms with Gasteiger partial charge in [0, 0.05) is 49.1 Å². The number of hydrogen-bond donors (Lipinski definition) is 8. The zero-order valence-corrected chi connectivity index (χ0v) is 35.3. The molecule has 4 saturated carbocycles. The van der Waals surface area contributed by atoms with E-state index in [1.54, 1.807) is 24.1 Å². The van der Waals surface area contributed by atoms with Gasteiger partial charge in [-0.15, -0.1) is 0 Å². The molecule has 0 unspecified atom stereocenters. The van der Waals surface area contributed by atoms with E-state index in [9.17, 15) is 24.6 Å². The molecule has 4 aromatic rings. The summed E-state index contributed by atoms with van der Waals surface area (Å²) in [5.41, 5.74) is 2.27. The van der Waals surface area contributed by atoms with Crippen LogP contribution >= 0.6 is 23.2 Å². The van der Waals surface area contributed by atoms with Crippen molar-refractivity contribution in [3.05, 3.63) is 23.2 Å². The van der Waals surface area contributed by atoms with Gasteiger partial charge >= 0.3 is 6.03 Å². The SMILES string of the molecule is CCC(=O)N[C@@H]1CC[C@H](n2cnc3c(NC4CCC(NC(=O)NC5CCC(Nc6nc(Cl)nc7c6ncn7[C@@H]6C[C@H](NC(=O)CC)[C@@H](O)[C@H]6O)CC5)CC4)nc(Cl)nc32)C1. The van der Waals surface area contributed by atoms with Crippen LogP contribution in [-0.4, -0.2) is 116 Å². The number of imidazole rings is 2. The number of aromatic nitrogens is 8. The summed E-state index contributed by atoms with van der Waals surface area (Å²) in [7, 11) is 0. The first kappa shape index (κ1) is 42.1. The van der Waals surface area contributed by atoms with Crippen LogP contribution in [0.3, 0.4) is 0 Å². The quantitative estimate of drug-likeness (QED) is 0.0943. The third-order valence-corrected chi connectivity index (χ3v) is 13.1. The summed E-state index contributed by atoms with van der Waals surface area (Å²) in [4.78, 5) is 64.1. The Balaban J connectivity index is 0.793. The van der Waals surface area contributed by atoms with E-state index in [-0.39, 0.29) is 71.1 Å². The molecule has 4 aliphatic carbocycles. The van der Waals surface area contributed by atoms with Crippen LogP contribution in [0.25, 0.3) is 22.3 Å². The average Bonchev–Trinajstić information content (AvgIpc) is 4.03. The number of amides is 4. The molecule has 60 heavy (non-hydrogen) atoms. The molecule has 0 aliphatic heterocycles. The Morgan fingerprint density at radius 2 is 1.10 bits per heavy atom. The van der Waals surface area contributed by atoms with Gasteiger partial charge in [-0.05, 0) is 100 Å². The van der Waals surface area contributed by atoms with Crippen molar-refractivity contribution >= 4 is 75.0 Å². The monoisotopic (exact) mass is 868 g/mol. The van der Waals surface area contributed by atoms with Gasteiger partial charge in [0.2, 0.25) is 22.4 Å². The van der Waals surface area contributed by atoms with Crippen molar-refractivity contribution in [2.75, 3.05) is 10.6 Å². The molecule has 4 aliphatic rings. The Kier molecular flexibility index (Phi) is 12.8. The molecule has 19 nitrogen and oxygen atoms in total. The van der Waals surface area contributed by atoms with Gasteiger partial charge in [0.15, 0.2) is 34.0 Å². The molecule has 0 bridgehead atoms. The Morgan fingerprint density at radius 3 is 1.65 bits per heavy atom. The maximum atomic E-state index is 13.1. The molecule has 8 rings (SSSR count). The van der Waals surface area contributed by atoms with E-state index >= 15 is 0 Å². The molecule has 4 aromatic heterocycles. The summed E-state index contributed by atoms with van der Waals surface area (Å²) in [6.45, 7) is 3.59. The van der Waals surface area contributed by atoms with Crippen molar-refractivity contribution in [2.24, 2.45) is 0 Å². The minimum atomic E-state index is -1.14. The minimum Gasteiger partial charge on any atom is -0.388 e. The highest BCUT2D eigenvalue weighted by atomic mass is 35.5. The zero-order valence-electron chi connectivity index (χ0n) is 33.8. The Bertz CT molecular complexity index is 2190. The molecule has 8 N–H and O–H groups in total. The van der Waals surface area contributed by atoms with Gasteiger partial charge in [-0.1, -0.05) is 13.8 Å². The molecule has 324 valence electrons. The molecule has 4 heterocycles. The molecule has 6 atom stereocenters. The lowest BCUT2D eigenvalue weighted by Gasteiger charge is -2.32. The van der Waals surface area contributed by atoms with E-state index < -0.39 is 24.3 Å². The van der Waals surface area contributed by atoms with Crippen LogP contribution < -0.4 is 31.9 Å². The predicted octanol–water partition coefficient (Wildman–Crippen LogP) is 3.90. The number of halogens is 2. The highest BCUT2D eigenvalue weighted by Gasteiger charge is 2.44. The molecule has 21 heteroatoms. The lowest BCUT2D eigenvalue weighted by Crippen LogP contribution is -2.49. The van der Waals surface area contributed by atoms with Crippen molar-refractivity contribution in [2.45, 2.75) is 164 Å². The van der Waals surface area contributed by atoms with Crippen LogP contribution in [0.1, 0.15) is 116 Å². The van der Waals surface area contributed by atoms with E-state index in [4.69, 9.17) is 23.2 Å². The average molecular weight is 870 g/mol. The molecule has 4 fully saturated rings. The van der Waals surface area contributed by atoms with Gasteiger partial charge in [0.25, 0.3) is 0 Å². The van der Waals surface area contributed by atoms with Crippen LogP contribution in [-0.2, 0) is 9.59 Å². The number of anilines is 2. The van der Waals surface area contributed by atoms with Crippen LogP contribution in [0, 0.1) is 0 Å². The first-order valence-corrected chi connectivity index (χ1v) is 22.1. The summed E-state index contributed by atoms with van der Waals surface area (Å²) in [6.07, 6.45) is 11.2. The van der Waals surface area contributed by atoms with Crippen molar-refractivity contribution in [1.29, 1.82) is 0 Å². The number of carbonyl (C=O) groups is 3. The third-order valence-electron chi connectivity index (χ3n) is 12.8. The first-order valence-electron chi connectivity index (χ1n) is 21.3. The van der Waals surface area contributed by atoms with Crippen molar-refractivity contribution in [1.82, 2.24) is 60.3 Å². The summed E-state index contributed by atoms with van der Waals surface area (Å²) < 4.78 is 3.75. The standard InChI is InChI=1S/C39H54Cl2N14O5/c1-3-27(56)44-23-13-14-24(15-23)54-17-42-29-33(50-37(40)52-35(29)54)45-19-5-9-21(10-6-19)47-39(60)48-22-11-7-20(8-12-22)46-34-30-36(53-38(41)51-34)55(18-43-30)26-16-25(31(58)32(26)59)49-28(57)4-2/h17-26,31-32,58-59H,3-16H2,1-2H3,(H,44,56)(H,49,57)(H,45,50,52)(H,46,51,53)(H2,47,48,60)/t19?,20?,21?,22?,23-,24+,25+,26-,31-,32+/m1/s1. The second-order valence-electron chi connectivity index (χ2n) is 16.7. The van der Waals surface area contributed by atoms with E-state index in [2.05, 4.69) is 66.4 Å². The highest BCUT2D eigenvalue weighted by Crippen LogP contribution is 2.36. The topological polar surface area (TPSA) is 251 Å². The van der Waals surface area contributed by atoms with Crippen LogP contribution in [0.4, 0.5) is 16.4 Å². The molecule has 0 radical (unpaired) electrons.